The van der Waals surface area contributed by atoms with E-state index in [2.05, 4.69) is 10.6 Å². The molecule has 0 spiro atoms. The third-order valence-corrected chi connectivity index (χ3v) is 3.12. The molecule has 1 atom stereocenters. The lowest BCUT2D eigenvalue weighted by Gasteiger charge is -2.18. The van der Waals surface area contributed by atoms with Gasteiger partial charge in [-0.3, -0.25) is 9.59 Å². The van der Waals surface area contributed by atoms with E-state index < -0.39 is 6.04 Å². The van der Waals surface area contributed by atoms with Crippen molar-refractivity contribution in [1.82, 2.24) is 10.6 Å². The van der Waals surface area contributed by atoms with E-state index in [9.17, 15) is 9.59 Å². The summed E-state index contributed by atoms with van der Waals surface area (Å²) in [4.78, 5) is 24.5. The Morgan fingerprint density at radius 3 is 2.14 bits per heavy atom. The van der Waals surface area contributed by atoms with Crippen LogP contribution in [0.4, 0.5) is 0 Å². The summed E-state index contributed by atoms with van der Waals surface area (Å²) < 4.78 is 0. The summed E-state index contributed by atoms with van der Waals surface area (Å²) in [5.41, 5.74) is 1.17. The highest BCUT2D eigenvalue weighted by molar-refractivity contribution is 5.97. The molecule has 2 aromatic carbocycles. The van der Waals surface area contributed by atoms with E-state index in [0.717, 1.165) is 0 Å². The molecule has 2 rings (SSSR count). The number of amides is 2. The topological polar surface area (TPSA) is 78.4 Å². The van der Waals surface area contributed by atoms with Gasteiger partial charge < -0.3 is 15.7 Å². The van der Waals surface area contributed by atoms with Gasteiger partial charge in [-0.25, -0.2) is 0 Å². The first-order chi connectivity index (χ1) is 10.7. The van der Waals surface area contributed by atoms with Crippen LogP contribution in [0.3, 0.4) is 0 Å². The van der Waals surface area contributed by atoms with Gasteiger partial charge in [-0.05, 0) is 17.7 Å². The number of aliphatic hydroxyl groups excluding tert-OH is 1. The van der Waals surface area contributed by atoms with Crippen LogP contribution in [-0.2, 0) is 4.79 Å². The number of rotatable bonds is 6. The van der Waals surface area contributed by atoms with Gasteiger partial charge in [0.2, 0.25) is 5.91 Å². The molecule has 0 bridgehead atoms. The summed E-state index contributed by atoms with van der Waals surface area (Å²) in [7, 11) is 0. The fourth-order valence-electron chi connectivity index (χ4n) is 2.03. The summed E-state index contributed by atoms with van der Waals surface area (Å²) in [6.45, 7) is -0.0107. The molecule has 5 nitrogen and oxygen atoms in total. The van der Waals surface area contributed by atoms with Crippen molar-refractivity contribution in [2.75, 3.05) is 13.2 Å². The molecule has 3 N–H and O–H groups in total. The van der Waals surface area contributed by atoms with Crippen molar-refractivity contribution < 1.29 is 14.7 Å². The fourth-order valence-corrected chi connectivity index (χ4v) is 2.03. The highest BCUT2D eigenvalue weighted by atomic mass is 16.3. The van der Waals surface area contributed by atoms with Gasteiger partial charge in [0.25, 0.3) is 5.91 Å². The number of benzene rings is 2. The lowest BCUT2D eigenvalue weighted by molar-refractivity contribution is -0.123. The van der Waals surface area contributed by atoms with Crippen molar-refractivity contribution in [3.8, 4) is 0 Å². The minimum absolute atomic E-state index is 0.142. The van der Waals surface area contributed by atoms with Crippen molar-refractivity contribution in [2.24, 2.45) is 0 Å². The fraction of sp³-hybridized carbons (Fsp3) is 0.176. The van der Waals surface area contributed by atoms with E-state index in [1.54, 1.807) is 48.5 Å². The minimum Gasteiger partial charge on any atom is -0.395 e. The van der Waals surface area contributed by atoms with Gasteiger partial charge in [0.1, 0.15) is 6.04 Å². The first-order valence-electron chi connectivity index (χ1n) is 7.02. The van der Waals surface area contributed by atoms with Gasteiger partial charge in [-0.15, -0.1) is 0 Å². The van der Waals surface area contributed by atoms with Crippen LogP contribution < -0.4 is 10.6 Å². The number of carbonyl (C=O) groups is 2. The largest absolute Gasteiger partial charge is 0.395 e. The number of hydrogen-bond donors (Lipinski definition) is 3. The molecule has 0 aliphatic carbocycles. The van der Waals surface area contributed by atoms with Gasteiger partial charge in [0.05, 0.1) is 6.61 Å². The van der Waals surface area contributed by atoms with Crippen LogP contribution in [0.15, 0.2) is 60.7 Å². The molecule has 2 amide bonds. The van der Waals surface area contributed by atoms with Crippen molar-refractivity contribution >= 4 is 11.8 Å². The highest BCUT2D eigenvalue weighted by Crippen LogP contribution is 2.14. The van der Waals surface area contributed by atoms with Gasteiger partial charge in [-0.1, -0.05) is 48.5 Å². The van der Waals surface area contributed by atoms with Crippen molar-refractivity contribution in [2.45, 2.75) is 6.04 Å². The third kappa shape index (κ3) is 4.17. The predicted molar refractivity (Wildman–Crippen MR) is 83.2 cm³/mol. The Morgan fingerprint density at radius 1 is 0.955 bits per heavy atom. The Bertz CT molecular complexity index is 614. The molecule has 2 aromatic rings. The van der Waals surface area contributed by atoms with E-state index >= 15 is 0 Å². The summed E-state index contributed by atoms with van der Waals surface area (Å²) in [6, 6.07) is 16.9. The standard InChI is InChI=1S/C17H18N2O3/c20-12-11-18-17(22)15(13-7-3-1-4-8-13)19-16(21)14-9-5-2-6-10-14/h1-10,15,20H,11-12H2,(H,18,22)(H,19,21)/t15-/m1/s1. The minimum atomic E-state index is -0.805. The molecule has 0 aliphatic rings. The van der Waals surface area contributed by atoms with E-state index in [-0.39, 0.29) is 25.0 Å². The lowest BCUT2D eigenvalue weighted by Crippen LogP contribution is -2.41. The Balaban J connectivity index is 2.18. The molecule has 0 aliphatic heterocycles. The predicted octanol–water partition coefficient (Wildman–Crippen LogP) is 1.27. The average Bonchev–Trinajstić information content (AvgIpc) is 2.59. The molecule has 114 valence electrons. The maximum atomic E-state index is 12.3. The second-order valence-corrected chi connectivity index (χ2v) is 4.70. The van der Waals surface area contributed by atoms with Gasteiger partial charge in [-0.2, -0.15) is 0 Å². The van der Waals surface area contributed by atoms with E-state index in [4.69, 9.17) is 5.11 Å². The van der Waals surface area contributed by atoms with Gasteiger partial charge in [0, 0.05) is 12.1 Å². The number of carbonyl (C=O) groups excluding carboxylic acids is 2. The zero-order valence-electron chi connectivity index (χ0n) is 12.0. The van der Waals surface area contributed by atoms with Crippen molar-refractivity contribution in [1.29, 1.82) is 0 Å². The molecule has 0 aromatic heterocycles. The second kappa shape index (κ2) is 7.95. The van der Waals surface area contributed by atoms with Crippen LogP contribution in [-0.4, -0.2) is 30.1 Å². The van der Waals surface area contributed by atoms with Crippen LogP contribution in [0.25, 0.3) is 0 Å². The zero-order chi connectivity index (χ0) is 15.8. The molecule has 0 unspecified atom stereocenters. The third-order valence-electron chi connectivity index (χ3n) is 3.12. The van der Waals surface area contributed by atoms with Crippen molar-refractivity contribution in [3.63, 3.8) is 0 Å². The van der Waals surface area contributed by atoms with Gasteiger partial charge >= 0.3 is 0 Å². The lowest BCUT2D eigenvalue weighted by atomic mass is 10.1. The van der Waals surface area contributed by atoms with E-state index in [1.165, 1.54) is 0 Å². The highest BCUT2D eigenvalue weighted by Gasteiger charge is 2.22. The Hall–Kier alpha value is -2.66. The van der Waals surface area contributed by atoms with E-state index in [0.29, 0.717) is 11.1 Å². The van der Waals surface area contributed by atoms with E-state index in [1.807, 2.05) is 12.1 Å². The van der Waals surface area contributed by atoms with Gasteiger partial charge in [0.15, 0.2) is 0 Å². The maximum absolute atomic E-state index is 12.3. The van der Waals surface area contributed by atoms with Crippen molar-refractivity contribution in [3.05, 3.63) is 71.8 Å². The summed E-state index contributed by atoms with van der Waals surface area (Å²) >= 11 is 0. The molecular weight excluding hydrogens is 280 g/mol. The molecular formula is C17H18N2O3. The quantitative estimate of drug-likeness (QED) is 0.751. The molecule has 0 radical (unpaired) electrons. The van der Waals surface area contributed by atoms with Crippen LogP contribution in [0.1, 0.15) is 22.0 Å². The van der Waals surface area contributed by atoms with Crippen LogP contribution >= 0.6 is 0 Å². The Labute approximate surface area is 129 Å². The first kappa shape index (κ1) is 15.7. The summed E-state index contributed by atoms with van der Waals surface area (Å²) in [5.74, 6) is -0.682. The monoisotopic (exact) mass is 298 g/mol. The molecule has 0 saturated carbocycles. The summed E-state index contributed by atoms with van der Waals surface area (Å²) in [5, 5.41) is 14.1. The second-order valence-electron chi connectivity index (χ2n) is 4.70. The zero-order valence-corrected chi connectivity index (χ0v) is 12.0. The number of aliphatic hydroxyl groups is 1. The molecule has 0 saturated heterocycles. The molecule has 0 fully saturated rings. The Morgan fingerprint density at radius 2 is 1.55 bits per heavy atom. The number of hydrogen-bond acceptors (Lipinski definition) is 3. The molecule has 0 heterocycles. The van der Waals surface area contributed by atoms with Crippen LogP contribution in [0.2, 0.25) is 0 Å². The average molecular weight is 298 g/mol. The van der Waals surface area contributed by atoms with Crippen LogP contribution in [0, 0.1) is 0 Å². The SMILES string of the molecule is O=C(N[C@@H](C(=O)NCCO)c1ccccc1)c1ccccc1. The molecule has 22 heavy (non-hydrogen) atoms. The smallest absolute Gasteiger partial charge is 0.252 e. The molecule has 5 heteroatoms. The number of nitrogens with one attached hydrogen (secondary N) is 2. The summed E-state index contributed by atoms with van der Waals surface area (Å²) in [6.07, 6.45) is 0. The first-order valence-corrected chi connectivity index (χ1v) is 7.02. The Kier molecular flexibility index (Phi) is 5.68. The normalized spacial score (nSPS) is 11.5. The maximum Gasteiger partial charge on any atom is 0.252 e. The van der Waals surface area contributed by atoms with Crippen LogP contribution in [0.5, 0.6) is 0 Å².